The van der Waals surface area contributed by atoms with Crippen LogP contribution in [-0.2, 0) is 22.5 Å². The Hall–Kier alpha value is -2.89. The van der Waals surface area contributed by atoms with Crippen LogP contribution in [0, 0.1) is 17.1 Å². The van der Waals surface area contributed by atoms with Gasteiger partial charge in [0.05, 0.1) is 18.7 Å². The lowest BCUT2D eigenvalue weighted by Crippen LogP contribution is -2.35. The van der Waals surface area contributed by atoms with E-state index >= 15 is 0 Å². The topological polar surface area (TPSA) is 82.4 Å². The lowest BCUT2D eigenvalue weighted by Gasteiger charge is -2.25. The van der Waals surface area contributed by atoms with Gasteiger partial charge in [-0.25, -0.2) is 9.18 Å². The number of nitrogens with one attached hydrogen (secondary N) is 1. The number of anilines is 1. The Kier molecular flexibility index (Phi) is 6.52. The van der Waals surface area contributed by atoms with Gasteiger partial charge in [0.1, 0.15) is 16.9 Å². The Labute approximate surface area is 176 Å². The number of amides is 2. The van der Waals surface area contributed by atoms with E-state index in [4.69, 9.17) is 16.3 Å². The second-order valence-corrected chi connectivity index (χ2v) is 7.72. The third-order valence-corrected chi connectivity index (χ3v) is 5.68. The molecule has 1 aliphatic heterocycles. The van der Waals surface area contributed by atoms with E-state index in [9.17, 15) is 19.2 Å². The maximum absolute atomic E-state index is 13.8. The van der Waals surface area contributed by atoms with Gasteiger partial charge in [-0.05, 0) is 37.1 Å². The minimum Gasteiger partial charge on any atom is -0.450 e. The molecule has 0 aliphatic carbocycles. The molecule has 2 aromatic rings. The van der Waals surface area contributed by atoms with Gasteiger partial charge < -0.3 is 15.0 Å². The van der Waals surface area contributed by atoms with Gasteiger partial charge in [-0.2, -0.15) is 5.26 Å². The molecule has 0 saturated carbocycles. The predicted octanol–water partition coefficient (Wildman–Crippen LogP) is 4.58. The Morgan fingerprint density at radius 2 is 2.28 bits per heavy atom. The number of nitrogens with zero attached hydrogens (tertiary/aromatic N) is 2. The molecule has 1 aromatic carbocycles. The van der Waals surface area contributed by atoms with Crippen molar-refractivity contribution in [3.8, 4) is 6.07 Å². The number of thiophene rings is 1. The molecule has 3 rings (SSSR count). The quantitative estimate of drug-likeness (QED) is 0.715. The molecule has 0 saturated heterocycles. The van der Waals surface area contributed by atoms with E-state index in [-0.39, 0.29) is 17.2 Å². The first-order valence-corrected chi connectivity index (χ1v) is 10.0. The van der Waals surface area contributed by atoms with Gasteiger partial charge in [0.15, 0.2) is 0 Å². The maximum Gasteiger partial charge on any atom is 0.410 e. The van der Waals surface area contributed by atoms with Gasteiger partial charge >= 0.3 is 6.09 Å². The van der Waals surface area contributed by atoms with Gasteiger partial charge in [0.2, 0.25) is 5.91 Å². The molecule has 0 fully saturated rings. The molecule has 150 valence electrons. The zero-order valence-corrected chi connectivity index (χ0v) is 17.1. The van der Waals surface area contributed by atoms with E-state index in [0.29, 0.717) is 30.1 Å². The SMILES string of the molecule is CCOC(=O)N1CCc2c(sc(NC(=O)/C=C/c3ccc(Cl)cc3F)c2C#N)C1. The van der Waals surface area contributed by atoms with E-state index in [1.54, 1.807) is 11.8 Å². The molecule has 6 nitrogen and oxygen atoms in total. The molecule has 1 N–H and O–H groups in total. The van der Waals surface area contributed by atoms with Crippen molar-refractivity contribution < 1.29 is 18.7 Å². The minimum absolute atomic E-state index is 0.223. The highest BCUT2D eigenvalue weighted by Crippen LogP contribution is 2.36. The molecule has 2 amide bonds. The molecule has 0 unspecified atom stereocenters. The fourth-order valence-electron chi connectivity index (χ4n) is 2.94. The number of hydrogen-bond donors (Lipinski definition) is 1. The first-order chi connectivity index (χ1) is 13.9. The van der Waals surface area contributed by atoms with Crippen LogP contribution in [0.1, 0.15) is 28.5 Å². The molecular formula is C20H17ClFN3O3S. The summed E-state index contributed by atoms with van der Waals surface area (Å²) in [5.41, 5.74) is 1.45. The summed E-state index contributed by atoms with van der Waals surface area (Å²) >= 11 is 6.96. The molecule has 2 heterocycles. The van der Waals surface area contributed by atoms with E-state index in [1.165, 1.54) is 35.6 Å². The van der Waals surface area contributed by atoms with Crippen molar-refractivity contribution in [3.63, 3.8) is 0 Å². The third kappa shape index (κ3) is 4.75. The predicted molar refractivity (Wildman–Crippen MR) is 109 cm³/mol. The molecule has 9 heteroatoms. The molecule has 29 heavy (non-hydrogen) atoms. The largest absolute Gasteiger partial charge is 0.450 e. The fourth-order valence-corrected chi connectivity index (χ4v) is 4.31. The zero-order chi connectivity index (χ0) is 21.0. The highest BCUT2D eigenvalue weighted by molar-refractivity contribution is 7.16. The van der Waals surface area contributed by atoms with Crippen LogP contribution in [0.5, 0.6) is 0 Å². The second kappa shape index (κ2) is 9.07. The zero-order valence-electron chi connectivity index (χ0n) is 15.5. The number of benzene rings is 1. The highest BCUT2D eigenvalue weighted by Gasteiger charge is 2.27. The normalized spacial score (nSPS) is 13.1. The van der Waals surface area contributed by atoms with Gasteiger partial charge in [-0.1, -0.05) is 17.7 Å². The van der Waals surface area contributed by atoms with Gasteiger partial charge in [-0.15, -0.1) is 11.3 Å². The average Bonchev–Trinajstić information content (AvgIpc) is 3.03. The molecule has 1 aromatic heterocycles. The molecule has 0 spiro atoms. The molecule has 0 atom stereocenters. The summed E-state index contributed by atoms with van der Waals surface area (Å²) in [7, 11) is 0. The monoisotopic (exact) mass is 433 g/mol. The Morgan fingerprint density at radius 3 is 2.97 bits per heavy atom. The standard InChI is InChI=1S/C20H17ClFN3O3S/c1-2-28-20(27)25-8-7-14-15(10-23)19(29-17(14)11-25)24-18(26)6-4-12-3-5-13(21)9-16(12)22/h3-6,9H,2,7-8,11H2,1H3,(H,24,26)/b6-4+. The number of carbonyl (C=O) groups excluding carboxylic acids is 2. The summed E-state index contributed by atoms with van der Waals surface area (Å²) < 4.78 is 18.8. The van der Waals surface area contributed by atoms with E-state index < -0.39 is 17.8 Å². The number of ether oxygens (including phenoxy) is 1. The lowest BCUT2D eigenvalue weighted by atomic mass is 10.0. The van der Waals surface area contributed by atoms with Gasteiger partial charge in [0, 0.05) is 28.1 Å². The van der Waals surface area contributed by atoms with Crippen LogP contribution in [0.25, 0.3) is 6.08 Å². The Bertz CT molecular complexity index is 1030. The molecular weight excluding hydrogens is 417 g/mol. The van der Waals surface area contributed by atoms with Crippen LogP contribution >= 0.6 is 22.9 Å². The van der Waals surface area contributed by atoms with Crippen LogP contribution in [0.2, 0.25) is 5.02 Å². The number of halogens is 2. The number of fused-ring (bicyclic) bond motifs is 1. The summed E-state index contributed by atoms with van der Waals surface area (Å²) in [6.45, 7) is 2.80. The number of rotatable bonds is 4. The smallest absolute Gasteiger partial charge is 0.410 e. The highest BCUT2D eigenvalue weighted by atomic mass is 35.5. The van der Waals surface area contributed by atoms with Crippen molar-refractivity contribution in [1.29, 1.82) is 5.26 Å². The summed E-state index contributed by atoms with van der Waals surface area (Å²) in [6, 6.07) is 6.29. The molecule has 1 aliphatic rings. The molecule has 0 bridgehead atoms. The first-order valence-electron chi connectivity index (χ1n) is 8.83. The summed E-state index contributed by atoms with van der Waals surface area (Å²) in [6.07, 6.45) is 2.64. The number of carbonyl (C=O) groups is 2. The summed E-state index contributed by atoms with van der Waals surface area (Å²) in [5, 5.41) is 12.9. The van der Waals surface area contributed by atoms with Crippen molar-refractivity contribution >= 4 is 46.0 Å². The average molecular weight is 434 g/mol. The van der Waals surface area contributed by atoms with E-state index in [1.807, 2.05) is 0 Å². The summed E-state index contributed by atoms with van der Waals surface area (Å²) in [5.74, 6) is -1.03. The number of hydrogen-bond acceptors (Lipinski definition) is 5. The third-order valence-electron chi connectivity index (χ3n) is 4.31. The Morgan fingerprint density at radius 1 is 1.48 bits per heavy atom. The van der Waals surface area contributed by atoms with Crippen LogP contribution in [0.15, 0.2) is 24.3 Å². The van der Waals surface area contributed by atoms with Gasteiger partial charge in [0.25, 0.3) is 0 Å². The van der Waals surface area contributed by atoms with Crippen molar-refractivity contribution in [2.24, 2.45) is 0 Å². The van der Waals surface area contributed by atoms with Crippen LogP contribution in [-0.4, -0.2) is 30.1 Å². The second-order valence-electron chi connectivity index (χ2n) is 6.18. The van der Waals surface area contributed by atoms with Crippen molar-refractivity contribution in [2.45, 2.75) is 19.9 Å². The van der Waals surface area contributed by atoms with Crippen molar-refractivity contribution in [1.82, 2.24) is 4.90 Å². The number of nitriles is 1. The first kappa shape index (κ1) is 20.8. The van der Waals surface area contributed by atoms with Crippen molar-refractivity contribution in [3.05, 3.63) is 56.7 Å². The fraction of sp³-hybridized carbons (Fsp3) is 0.250. The van der Waals surface area contributed by atoms with Gasteiger partial charge in [-0.3, -0.25) is 4.79 Å². The Balaban J connectivity index is 1.75. The van der Waals surface area contributed by atoms with E-state index in [0.717, 1.165) is 16.5 Å². The lowest BCUT2D eigenvalue weighted by molar-refractivity contribution is -0.111. The van der Waals surface area contributed by atoms with Crippen LogP contribution < -0.4 is 5.32 Å². The van der Waals surface area contributed by atoms with Crippen LogP contribution in [0.4, 0.5) is 14.2 Å². The van der Waals surface area contributed by atoms with Crippen molar-refractivity contribution in [2.75, 3.05) is 18.5 Å². The maximum atomic E-state index is 13.8. The van der Waals surface area contributed by atoms with E-state index in [2.05, 4.69) is 11.4 Å². The summed E-state index contributed by atoms with van der Waals surface area (Å²) in [4.78, 5) is 26.6. The van der Waals surface area contributed by atoms with Crippen LogP contribution in [0.3, 0.4) is 0 Å². The molecule has 0 radical (unpaired) electrons. The minimum atomic E-state index is -0.537.